The summed E-state index contributed by atoms with van der Waals surface area (Å²) in [5, 5.41) is 30.8. The largest absolute Gasteiger partial charge is 0.493 e. The topological polar surface area (TPSA) is 249 Å². The van der Waals surface area contributed by atoms with Crippen molar-refractivity contribution in [1.29, 1.82) is 0 Å². The molecule has 3 unspecified atom stereocenters. The van der Waals surface area contributed by atoms with E-state index in [9.17, 15) is 38.7 Å². The molecule has 0 aliphatic rings. The maximum absolute atomic E-state index is 13.6. The molecule has 0 fully saturated rings. The number of hydrogen-bond donors (Lipinski definition) is 5. The van der Waals surface area contributed by atoms with Gasteiger partial charge in [0.2, 0.25) is 12.3 Å². The van der Waals surface area contributed by atoms with Crippen molar-refractivity contribution in [3.63, 3.8) is 0 Å². The van der Waals surface area contributed by atoms with Crippen LogP contribution in [-0.4, -0.2) is 92.5 Å². The van der Waals surface area contributed by atoms with Crippen molar-refractivity contribution in [3.8, 4) is 22.8 Å². The van der Waals surface area contributed by atoms with E-state index in [2.05, 4.69) is 21.0 Å². The molecule has 5 N–H and O–H groups in total. The minimum Gasteiger partial charge on any atom is -0.493 e. The fourth-order valence-corrected chi connectivity index (χ4v) is 6.04. The Labute approximate surface area is 333 Å². The van der Waals surface area contributed by atoms with E-state index >= 15 is 0 Å². The number of nitrogens with one attached hydrogen (secondary N) is 3. The van der Waals surface area contributed by atoms with Crippen LogP contribution in [0.1, 0.15) is 90.6 Å². The van der Waals surface area contributed by atoms with Gasteiger partial charge in [-0.05, 0) is 74.4 Å². The summed E-state index contributed by atoms with van der Waals surface area (Å²) < 4.78 is 13.0. The number of aromatic nitrogens is 2. The van der Waals surface area contributed by atoms with Crippen LogP contribution in [-0.2, 0) is 24.0 Å². The van der Waals surface area contributed by atoms with Gasteiger partial charge in [-0.1, -0.05) is 39.2 Å². The normalized spacial score (nSPS) is 12.3. The van der Waals surface area contributed by atoms with Crippen LogP contribution in [0.15, 0.2) is 77.5 Å². The van der Waals surface area contributed by atoms with Gasteiger partial charge in [0.25, 0.3) is 11.8 Å². The molecule has 58 heavy (non-hydrogen) atoms. The van der Waals surface area contributed by atoms with Crippen LogP contribution in [0.25, 0.3) is 17.0 Å². The van der Waals surface area contributed by atoms with Gasteiger partial charge in [-0.3, -0.25) is 24.0 Å². The van der Waals surface area contributed by atoms with Crippen LogP contribution in [0.5, 0.6) is 5.75 Å². The molecule has 4 aromatic rings. The van der Waals surface area contributed by atoms with Gasteiger partial charge in [0.15, 0.2) is 5.76 Å². The molecule has 308 valence electrons. The van der Waals surface area contributed by atoms with E-state index in [0.29, 0.717) is 30.5 Å². The number of carboxylic acid groups (broad SMARTS) is 2. The third-order valence-corrected chi connectivity index (χ3v) is 8.96. The van der Waals surface area contributed by atoms with Gasteiger partial charge in [0.05, 0.1) is 48.5 Å². The summed E-state index contributed by atoms with van der Waals surface area (Å²) in [5.41, 5.74) is 1.26. The Hall–Kier alpha value is -6.98. The second kappa shape index (κ2) is 21.4. The summed E-state index contributed by atoms with van der Waals surface area (Å²) in [6, 6.07) is 12.9. The van der Waals surface area contributed by atoms with Crippen LogP contribution < -0.4 is 20.7 Å². The number of carboxylic acids is 2. The highest BCUT2D eigenvalue weighted by Gasteiger charge is 2.34. The summed E-state index contributed by atoms with van der Waals surface area (Å²) >= 11 is 0. The number of unbranched alkanes of at least 4 members (excludes halogenated alkanes) is 2. The van der Waals surface area contributed by atoms with Gasteiger partial charge < -0.3 is 40.2 Å². The van der Waals surface area contributed by atoms with Crippen molar-refractivity contribution >= 4 is 42.0 Å². The lowest BCUT2D eigenvalue weighted by Crippen LogP contribution is -2.49. The monoisotopic (exact) mass is 802 g/mol. The number of furan rings is 1. The zero-order chi connectivity index (χ0) is 42.2. The van der Waals surface area contributed by atoms with Crippen LogP contribution in [0.3, 0.4) is 0 Å². The number of carbonyl (C=O) groups excluding carboxylic acids is 5. The Morgan fingerprint density at radius 1 is 0.948 bits per heavy atom. The lowest BCUT2D eigenvalue weighted by molar-refractivity contribution is -0.171. The zero-order valence-electron chi connectivity index (χ0n) is 32.2. The van der Waals surface area contributed by atoms with Crippen molar-refractivity contribution < 1.29 is 57.8 Å². The molecule has 3 atom stereocenters. The molecule has 0 saturated carbocycles. The highest BCUT2D eigenvalue weighted by Crippen LogP contribution is 2.29. The van der Waals surface area contributed by atoms with Gasteiger partial charge in [-0.2, -0.15) is 10.2 Å². The molecule has 0 spiro atoms. The van der Waals surface area contributed by atoms with Gasteiger partial charge in [0, 0.05) is 18.0 Å². The lowest BCUT2D eigenvalue weighted by Gasteiger charge is -2.31. The summed E-state index contributed by atoms with van der Waals surface area (Å²) in [6.07, 6.45) is 5.93. The van der Waals surface area contributed by atoms with Crippen molar-refractivity contribution in [3.05, 3.63) is 89.9 Å². The molecule has 18 heteroatoms. The first-order valence-electron chi connectivity index (χ1n) is 18.6. The number of rotatable bonds is 23. The quantitative estimate of drug-likeness (QED) is 0.0306. The molecule has 0 saturated heterocycles. The maximum atomic E-state index is 13.6. The SMILES string of the molecule is CCCCCC(C(=O)NCNC(=O)c1ccc(-c2ccc(C(=O)NC(CC(=O)O)C(=O)O)c(OCC)c2)o1)C(CC)N(C=O)OC(=O)c1ccc(-n2cccn2)cc1. The van der Waals surface area contributed by atoms with Crippen molar-refractivity contribution in [2.24, 2.45) is 5.92 Å². The molecule has 0 bridgehead atoms. The Balaban J connectivity index is 1.40. The Bertz CT molecular complexity index is 2050. The first-order valence-corrected chi connectivity index (χ1v) is 18.6. The Morgan fingerprint density at radius 3 is 2.33 bits per heavy atom. The molecule has 0 aliphatic carbocycles. The molecule has 0 aliphatic heterocycles. The molecule has 2 aromatic carbocycles. The number of amides is 4. The number of nitrogens with zero attached hydrogens (tertiary/aromatic N) is 3. The van der Waals surface area contributed by atoms with Crippen molar-refractivity contribution in [2.45, 2.75) is 71.4 Å². The third kappa shape index (κ3) is 11.8. The first-order chi connectivity index (χ1) is 27.9. The Kier molecular flexibility index (Phi) is 16.1. The summed E-state index contributed by atoms with van der Waals surface area (Å²) in [5.74, 6) is -6.33. The molecule has 4 amide bonds. The zero-order valence-corrected chi connectivity index (χ0v) is 32.2. The van der Waals surface area contributed by atoms with E-state index in [1.807, 2.05) is 6.92 Å². The molecular formula is C40H46N6O12. The van der Waals surface area contributed by atoms with Crippen molar-refractivity contribution in [2.75, 3.05) is 13.3 Å². The van der Waals surface area contributed by atoms with Gasteiger partial charge in [-0.25, -0.2) is 14.3 Å². The van der Waals surface area contributed by atoms with Crippen LogP contribution in [0.2, 0.25) is 0 Å². The number of aliphatic carboxylic acids is 2. The molecule has 2 heterocycles. The highest BCUT2D eigenvalue weighted by atomic mass is 16.7. The van der Waals surface area contributed by atoms with Gasteiger partial charge >= 0.3 is 17.9 Å². The molecular weight excluding hydrogens is 756 g/mol. The minimum absolute atomic E-state index is 0.0492. The number of hydrogen-bond acceptors (Lipinski definition) is 11. The standard InChI is InChI=1S/C40H46N6O12/c1-4-7-8-10-28(31(5-2)46(24-47)58-40(55)25-11-14-27(15-12-25)45-20-9-19-43-45)36(50)41-23-42-38(52)33-18-17-32(57-33)26-13-16-29(34(21-26)56-6-3)37(51)44-30(39(53)54)22-35(48)49/h9,11-21,24,28,30-31H,4-8,10,22-23H2,1-3H3,(H,41,50)(H,42,52)(H,44,51)(H,48,49)(H,53,54). The fourth-order valence-electron chi connectivity index (χ4n) is 6.04. The molecule has 4 rings (SSSR count). The maximum Gasteiger partial charge on any atom is 0.363 e. The van der Waals surface area contributed by atoms with E-state index < -0.39 is 60.1 Å². The van der Waals surface area contributed by atoms with Crippen LogP contribution in [0.4, 0.5) is 0 Å². The summed E-state index contributed by atoms with van der Waals surface area (Å²) in [6.45, 7) is 5.28. The smallest absolute Gasteiger partial charge is 0.363 e. The average molecular weight is 803 g/mol. The molecule has 2 aromatic heterocycles. The number of ether oxygens (including phenoxy) is 1. The highest BCUT2D eigenvalue weighted by molar-refractivity contribution is 6.00. The van der Waals surface area contributed by atoms with E-state index in [1.165, 1.54) is 30.3 Å². The number of benzene rings is 2. The van der Waals surface area contributed by atoms with E-state index in [4.69, 9.17) is 19.1 Å². The minimum atomic E-state index is -1.67. The lowest BCUT2D eigenvalue weighted by atomic mass is 9.90. The fraction of sp³-hybridized carbons (Fsp3) is 0.350. The van der Waals surface area contributed by atoms with E-state index in [1.54, 1.807) is 61.3 Å². The first kappa shape index (κ1) is 43.7. The van der Waals surface area contributed by atoms with Crippen LogP contribution in [0, 0.1) is 5.92 Å². The summed E-state index contributed by atoms with van der Waals surface area (Å²) in [7, 11) is 0. The summed E-state index contributed by atoms with van der Waals surface area (Å²) in [4.78, 5) is 92.9. The third-order valence-electron chi connectivity index (χ3n) is 8.96. The van der Waals surface area contributed by atoms with E-state index in [-0.39, 0.29) is 48.1 Å². The predicted octanol–water partition coefficient (Wildman–Crippen LogP) is 4.20. The molecule has 18 nitrogen and oxygen atoms in total. The van der Waals surface area contributed by atoms with Gasteiger partial charge in [-0.15, -0.1) is 0 Å². The second-order valence-electron chi connectivity index (χ2n) is 12.9. The Morgan fingerprint density at radius 2 is 1.71 bits per heavy atom. The second-order valence-corrected chi connectivity index (χ2v) is 12.9. The number of carbonyl (C=O) groups is 7. The molecule has 0 radical (unpaired) electrons. The number of hydroxylamine groups is 2. The van der Waals surface area contributed by atoms with Gasteiger partial charge in [0.1, 0.15) is 17.6 Å². The average Bonchev–Trinajstić information content (AvgIpc) is 3.94. The van der Waals surface area contributed by atoms with E-state index in [0.717, 1.165) is 17.9 Å². The predicted molar refractivity (Wildman–Crippen MR) is 206 cm³/mol. The van der Waals surface area contributed by atoms with Crippen LogP contribution >= 0.6 is 0 Å². The van der Waals surface area contributed by atoms with Crippen molar-refractivity contribution in [1.82, 2.24) is 30.8 Å².